The van der Waals surface area contributed by atoms with Crippen LogP contribution in [0, 0.1) is 0 Å². The predicted molar refractivity (Wildman–Crippen MR) is 81.7 cm³/mol. The van der Waals surface area contributed by atoms with E-state index in [0.29, 0.717) is 12.0 Å². The molecular formula is C15H19N5O. The van der Waals surface area contributed by atoms with Gasteiger partial charge in [-0.25, -0.2) is 0 Å². The van der Waals surface area contributed by atoms with Gasteiger partial charge in [-0.3, -0.25) is 0 Å². The molecular weight excluding hydrogens is 266 g/mol. The van der Waals surface area contributed by atoms with Gasteiger partial charge >= 0.3 is 0 Å². The lowest BCUT2D eigenvalue weighted by molar-refractivity contribution is 0.410. The minimum Gasteiger partial charge on any atom is -0.496 e. The molecule has 2 aromatic rings. The molecule has 110 valence electrons. The number of aromatic nitrogens is 3. The molecule has 6 nitrogen and oxygen atoms in total. The number of anilines is 2. The van der Waals surface area contributed by atoms with Crippen LogP contribution in [0.25, 0.3) is 0 Å². The van der Waals surface area contributed by atoms with Gasteiger partial charge in [0.05, 0.1) is 13.3 Å². The van der Waals surface area contributed by atoms with Crippen molar-refractivity contribution in [2.45, 2.75) is 25.3 Å². The maximum atomic E-state index is 5.34. The lowest BCUT2D eigenvalue weighted by Crippen LogP contribution is -2.11. The Labute approximate surface area is 124 Å². The van der Waals surface area contributed by atoms with Gasteiger partial charge in [-0.1, -0.05) is 18.2 Å². The Bertz CT molecular complexity index is 600. The predicted octanol–water partition coefficient (Wildman–Crippen LogP) is 2.11. The molecule has 0 aliphatic heterocycles. The number of rotatable bonds is 7. The Kier molecular flexibility index (Phi) is 4.14. The van der Waals surface area contributed by atoms with Crippen molar-refractivity contribution in [2.24, 2.45) is 0 Å². The standard InChI is InChI=1S/C15H19N5O/c1-21-13-5-3-2-4-11(13)8-9-16-14-10-17-20-15(19-14)18-12-6-7-12/h2-5,10,12H,6-9H2,1H3,(H2,16,18,19,20). The first-order valence-corrected chi connectivity index (χ1v) is 7.17. The molecule has 0 amide bonds. The van der Waals surface area contributed by atoms with Crippen LogP contribution in [0.3, 0.4) is 0 Å². The van der Waals surface area contributed by atoms with Crippen LogP contribution in [0.5, 0.6) is 5.75 Å². The van der Waals surface area contributed by atoms with Crippen molar-refractivity contribution in [2.75, 3.05) is 24.3 Å². The van der Waals surface area contributed by atoms with Crippen molar-refractivity contribution < 1.29 is 4.74 Å². The number of nitrogens with zero attached hydrogens (tertiary/aromatic N) is 3. The molecule has 1 saturated carbocycles. The fourth-order valence-electron chi connectivity index (χ4n) is 2.09. The van der Waals surface area contributed by atoms with E-state index in [4.69, 9.17) is 4.74 Å². The summed E-state index contributed by atoms with van der Waals surface area (Å²) in [6, 6.07) is 8.55. The molecule has 0 radical (unpaired) electrons. The third-order valence-corrected chi connectivity index (χ3v) is 3.36. The topological polar surface area (TPSA) is 72.0 Å². The number of nitrogens with one attached hydrogen (secondary N) is 2. The molecule has 21 heavy (non-hydrogen) atoms. The number of hydrogen-bond donors (Lipinski definition) is 2. The minimum absolute atomic E-state index is 0.524. The smallest absolute Gasteiger partial charge is 0.244 e. The highest BCUT2D eigenvalue weighted by Gasteiger charge is 2.22. The van der Waals surface area contributed by atoms with E-state index in [1.54, 1.807) is 13.3 Å². The van der Waals surface area contributed by atoms with E-state index in [2.05, 4.69) is 31.9 Å². The fraction of sp³-hybridized carbons (Fsp3) is 0.400. The first-order chi connectivity index (χ1) is 10.3. The molecule has 0 atom stereocenters. The van der Waals surface area contributed by atoms with Crippen LogP contribution >= 0.6 is 0 Å². The van der Waals surface area contributed by atoms with Crippen molar-refractivity contribution in [3.8, 4) is 5.75 Å². The van der Waals surface area contributed by atoms with Gasteiger partial charge in [0.2, 0.25) is 5.95 Å². The highest BCUT2D eigenvalue weighted by atomic mass is 16.5. The number of methoxy groups -OCH3 is 1. The van der Waals surface area contributed by atoms with Crippen molar-refractivity contribution in [1.82, 2.24) is 15.2 Å². The van der Waals surface area contributed by atoms with Gasteiger partial charge in [-0.2, -0.15) is 10.1 Å². The highest BCUT2D eigenvalue weighted by molar-refractivity contribution is 5.39. The lowest BCUT2D eigenvalue weighted by Gasteiger charge is -2.09. The van der Waals surface area contributed by atoms with E-state index in [9.17, 15) is 0 Å². The van der Waals surface area contributed by atoms with E-state index in [-0.39, 0.29) is 0 Å². The molecule has 0 saturated heterocycles. The summed E-state index contributed by atoms with van der Waals surface area (Å²) in [5.41, 5.74) is 1.17. The number of hydrogen-bond acceptors (Lipinski definition) is 6. The molecule has 1 heterocycles. The Morgan fingerprint density at radius 2 is 2.14 bits per heavy atom. The highest BCUT2D eigenvalue weighted by Crippen LogP contribution is 2.23. The summed E-state index contributed by atoms with van der Waals surface area (Å²) < 4.78 is 5.34. The quantitative estimate of drug-likeness (QED) is 0.812. The minimum atomic E-state index is 0.524. The van der Waals surface area contributed by atoms with Crippen LogP contribution in [-0.2, 0) is 6.42 Å². The molecule has 1 aliphatic carbocycles. The Hall–Kier alpha value is -2.37. The molecule has 1 aromatic heterocycles. The van der Waals surface area contributed by atoms with Crippen molar-refractivity contribution >= 4 is 11.8 Å². The summed E-state index contributed by atoms with van der Waals surface area (Å²) in [5, 5.41) is 14.5. The summed E-state index contributed by atoms with van der Waals surface area (Å²) >= 11 is 0. The summed E-state index contributed by atoms with van der Waals surface area (Å²) in [6.07, 6.45) is 4.88. The summed E-state index contributed by atoms with van der Waals surface area (Å²) in [6.45, 7) is 0.766. The van der Waals surface area contributed by atoms with Crippen LogP contribution in [0.2, 0.25) is 0 Å². The van der Waals surface area contributed by atoms with Gasteiger partial charge in [0.15, 0.2) is 5.82 Å². The molecule has 0 unspecified atom stereocenters. The summed E-state index contributed by atoms with van der Waals surface area (Å²) in [5.74, 6) is 2.25. The van der Waals surface area contributed by atoms with Gasteiger partial charge in [-0.05, 0) is 30.9 Å². The second-order valence-corrected chi connectivity index (χ2v) is 5.07. The SMILES string of the molecule is COc1ccccc1CCNc1cnnc(NC2CC2)n1. The number of ether oxygens (including phenoxy) is 1. The number of para-hydroxylation sites is 1. The Morgan fingerprint density at radius 3 is 2.95 bits per heavy atom. The van der Waals surface area contributed by atoms with Crippen molar-refractivity contribution in [3.05, 3.63) is 36.0 Å². The van der Waals surface area contributed by atoms with E-state index in [1.165, 1.54) is 18.4 Å². The number of benzene rings is 1. The maximum absolute atomic E-state index is 5.34. The van der Waals surface area contributed by atoms with Gasteiger partial charge in [0.25, 0.3) is 0 Å². The zero-order valence-electron chi connectivity index (χ0n) is 12.0. The lowest BCUT2D eigenvalue weighted by atomic mass is 10.1. The van der Waals surface area contributed by atoms with E-state index < -0.39 is 0 Å². The third kappa shape index (κ3) is 3.81. The van der Waals surface area contributed by atoms with Crippen LogP contribution < -0.4 is 15.4 Å². The molecule has 6 heteroatoms. The van der Waals surface area contributed by atoms with Crippen LogP contribution in [-0.4, -0.2) is 34.9 Å². The van der Waals surface area contributed by atoms with Gasteiger partial charge in [0.1, 0.15) is 5.75 Å². The molecule has 1 aliphatic rings. The molecule has 0 bridgehead atoms. The largest absolute Gasteiger partial charge is 0.496 e. The molecule has 0 spiro atoms. The fourth-order valence-corrected chi connectivity index (χ4v) is 2.09. The maximum Gasteiger partial charge on any atom is 0.244 e. The van der Waals surface area contributed by atoms with Crippen LogP contribution in [0.1, 0.15) is 18.4 Å². The van der Waals surface area contributed by atoms with Gasteiger partial charge < -0.3 is 15.4 Å². The van der Waals surface area contributed by atoms with Gasteiger partial charge in [-0.15, -0.1) is 5.10 Å². The second kappa shape index (κ2) is 6.39. The third-order valence-electron chi connectivity index (χ3n) is 3.36. The van der Waals surface area contributed by atoms with Crippen molar-refractivity contribution in [1.29, 1.82) is 0 Å². The Balaban J connectivity index is 1.54. The second-order valence-electron chi connectivity index (χ2n) is 5.07. The molecule has 3 rings (SSSR count). The zero-order valence-corrected chi connectivity index (χ0v) is 12.0. The zero-order chi connectivity index (χ0) is 14.5. The van der Waals surface area contributed by atoms with E-state index in [1.807, 2.05) is 18.2 Å². The van der Waals surface area contributed by atoms with Gasteiger partial charge in [0, 0.05) is 12.6 Å². The first-order valence-electron chi connectivity index (χ1n) is 7.17. The molecule has 1 aromatic carbocycles. The average molecular weight is 285 g/mol. The summed E-state index contributed by atoms with van der Waals surface area (Å²) in [4.78, 5) is 4.40. The van der Waals surface area contributed by atoms with Crippen LogP contribution in [0.4, 0.5) is 11.8 Å². The first kappa shape index (κ1) is 13.6. The normalized spacial score (nSPS) is 13.8. The monoisotopic (exact) mass is 285 g/mol. The van der Waals surface area contributed by atoms with Crippen molar-refractivity contribution in [3.63, 3.8) is 0 Å². The van der Waals surface area contributed by atoms with Crippen LogP contribution in [0.15, 0.2) is 30.5 Å². The summed E-state index contributed by atoms with van der Waals surface area (Å²) in [7, 11) is 1.69. The van der Waals surface area contributed by atoms with E-state index >= 15 is 0 Å². The molecule has 1 fully saturated rings. The Morgan fingerprint density at radius 1 is 1.29 bits per heavy atom. The molecule has 2 N–H and O–H groups in total. The average Bonchev–Trinajstić information content (AvgIpc) is 3.32. The van der Waals surface area contributed by atoms with E-state index in [0.717, 1.165) is 24.5 Å².